The number of aromatic amines is 1. The summed E-state index contributed by atoms with van der Waals surface area (Å²) in [5, 5.41) is 9.28. The standard InChI is InChI=1S/C23H26N6O/c1-12(2)20-10-26-21-11-25-16(9-19(20)21)8-18-13(3)6-17(7-14(18)4)29-23(30)27-15(5)22(24)28-29/h6-7,9-12,26H,5,8H2,1-4H3,(H2,24,28)(H,27,30). The number of amides is 2. The highest BCUT2D eigenvalue weighted by molar-refractivity contribution is 6.08. The van der Waals surface area contributed by atoms with Crippen molar-refractivity contribution in [2.24, 2.45) is 10.8 Å². The molecule has 0 atom stereocenters. The van der Waals surface area contributed by atoms with Crippen molar-refractivity contribution in [1.82, 2.24) is 15.3 Å². The zero-order valence-corrected chi connectivity index (χ0v) is 17.7. The predicted octanol–water partition coefficient (Wildman–Crippen LogP) is 4.21. The number of hydrogen-bond donors (Lipinski definition) is 3. The summed E-state index contributed by atoms with van der Waals surface area (Å²) < 4.78 is 0. The minimum Gasteiger partial charge on any atom is -0.381 e. The molecule has 1 aromatic carbocycles. The second-order valence-corrected chi connectivity index (χ2v) is 8.06. The number of nitrogens with one attached hydrogen (secondary N) is 2. The molecule has 30 heavy (non-hydrogen) atoms. The van der Waals surface area contributed by atoms with Gasteiger partial charge in [-0.05, 0) is 60.2 Å². The number of carbonyl (C=O) groups excluding carboxylic acids is 1. The smallest absolute Gasteiger partial charge is 0.347 e. The van der Waals surface area contributed by atoms with E-state index in [1.54, 1.807) is 0 Å². The van der Waals surface area contributed by atoms with Crippen LogP contribution in [0.25, 0.3) is 10.9 Å². The van der Waals surface area contributed by atoms with Gasteiger partial charge in [0, 0.05) is 23.7 Å². The molecule has 0 radical (unpaired) electrons. The molecular formula is C23H26N6O. The molecule has 3 heterocycles. The van der Waals surface area contributed by atoms with Crippen LogP contribution in [-0.2, 0) is 6.42 Å². The Morgan fingerprint density at radius 2 is 1.90 bits per heavy atom. The molecule has 0 aliphatic carbocycles. The van der Waals surface area contributed by atoms with Gasteiger partial charge in [-0.25, -0.2) is 4.79 Å². The molecule has 2 amide bonds. The van der Waals surface area contributed by atoms with Crippen LogP contribution in [0.2, 0.25) is 0 Å². The minimum absolute atomic E-state index is 0.193. The average Bonchev–Trinajstić information content (AvgIpc) is 3.11. The number of hydrazone groups is 1. The van der Waals surface area contributed by atoms with Crippen LogP contribution in [0.5, 0.6) is 0 Å². The number of rotatable bonds is 4. The monoisotopic (exact) mass is 402 g/mol. The number of carbonyl (C=O) groups is 1. The van der Waals surface area contributed by atoms with Crippen LogP contribution in [0.4, 0.5) is 10.5 Å². The molecule has 154 valence electrons. The summed E-state index contributed by atoms with van der Waals surface area (Å²) in [6.07, 6.45) is 4.68. The summed E-state index contributed by atoms with van der Waals surface area (Å²) in [4.78, 5) is 20.3. The molecular weight excluding hydrogens is 376 g/mol. The van der Waals surface area contributed by atoms with Crippen LogP contribution in [0.1, 0.15) is 47.7 Å². The van der Waals surface area contributed by atoms with Gasteiger partial charge in [0.25, 0.3) is 0 Å². The van der Waals surface area contributed by atoms with E-state index in [1.807, 2.05) is 32.2 Å². The van der Waals surface area contributed by atoms with Crippen molar-refractivity contribution < 1.29 is 4.79 Å². The van der Waals surface area contributed by atoms with E-state index in [2.05, 4.69) is 53.1 Å². The maximum Gasteiger partial charge on any atom is 0.347 e. The molecule has 7 nitrogen and oxygen atoms in total. The van der Waals surface area contributed by atoms with Gasteiger partial charge >= 0.3 is 6.03 Å². The van der Waals surface area contributed by atoms with Crippen molar-refractivity contribution >= 4 is 28.5 Å². The van der Waals surface area contributed by atoms with Crippen molar-refractivity contribution in [2.75, 3.05) is 5.01 Å². The van der Waals surface area contributed by atoms with Crippen molar-refractivity contribution in [1.29, 1.82) is 0 Å². The molecule has 2 aromatic heterocycles. The number of urea groups is 1. The van der Waals surface area contributed by atoms with Crippen LogP contribution < -0.4 is 16.1 Å². The van der Waals surface area contributed by atoms with Crippen molar-refractivity contribution in [3.8, 4) is 0 Å². The number of pyridine rings is 1. The van der Waals surface area contributed by atoms with Crippen LogP contribution >= 0.6 is 0 Å². The fraction of sp³-hybridized carbons (Fsp3) is 0.261. The summed E-state index contributed by atoms with van der Waals surface area (Å²) in [5.74, 6) is 0.635. The first-order valence-electron chi connectivity index (χ1n) is 9.95. The summed E-state index contributed by atoms with van der Waals surface area (Å²) in [5.41, 5.74) is 13.5. The highest BCUT2D eigenvalue weighted by Crippen LogP contribution is 2.29. The third kappa shape index (κ3) is 3.43. The summed E-state index contributed by atoms with van der Waals surface area (Å²) >= 11 is 0. The summed E-state index contributed by atoms with van der Waals surface area (Å²) in [7, 11) is 0. The predicted molar refractivity (Wildman–Crippen MR) is 121 cm³/mol. The normalized spacial score (nSPS) is 14.4. The van der Waals surface area contributed by atoms with E-state index in [9.17, 15) is 4.79 Å². The van der Waals surface area contributed by atoms with Gasteiger partial charge in [0.15, 0.2) is 5.84 Å². The maximum absolute atomic E-state index is 12.3. The molecule has 7 heteroatoms. The number of aryl methyl sites for hydroxylation is 2. The Bertz CT molecular complexity index is 1180. The van der Waals surface area contributed by atoms with Crippen LogP contribution in [0.3, 0.4) is 0 Å². The van der Waals surface area contributed by atoms with E-state index in [1.165, 1.54) is 21.5 Å². The number of H-pyrrole nitrogens is 1. The van der Waals surface area contributed by atoms with Crippen LogP contribution in [-0.4, -0.2) is 21.8 Å². The number of amidine groups is 1. The first-order valence-corrected chi connectivity index (χ1v) is 9.95. The van der Waals surface area contributed by atoms with Gasteiger partial charge in [0.1, 0.15) is 0 Å². The van der Waals surface area contributed by atoms with Gasteiger partial charge in [0.05, 0.1) is 23.1 Å². The van der Waals surface area contributed by atoms with Crippen molar-refractivity contribution in [3.05, 3.63) is 70.8 Å². The fourth-order valence-corrected chi connectivity index (χ4v) is 3.85. The largest absolute Gasteiger partial charge is 0.381 e. The molecule has 0 fully saturated rings. The molecule has 0 saturated heterocycles. The first kappa shape index (κ1) is 19.7. The fourth-order valence-electron chi connectivity index (χ4n) is 3.85. The maximum atomic E-state index is 12.3. The lowest BCUT2D eigenvalue weighted by Gasteiger charge is -2.25. The molecule has 0 unspecified atom stereocenters. The molecule has 0 bridgehead atoms. The lowest BCUT2D eigenvalue weighted by atomic mass is 9.96. The zero-order valence-electron chi connectivity index (χ0n) is 17.7. The number of fused-ring (bicyclic) bond motifs is 1. The molecule has 0 saturated carbocycles. The van der Waals surface area contributed by atoms with Gasteiger partial charge in [-0.2, -0.15) is 5.01 Å². The third-order valence-electron chi connectivity index (χ3n) is 5.53. The van der Waals surface area contributed by atoms with E-state index in [4.69, 9.17) is 5.73 Å². The Balaban J connectivity index is 1.68. The number of nitrogens with two attached hydrogens (primary N) is 1. The molecule has 4 N–H and O–H groups in total. The number of benzene rings is 1. The third-order valence-corrected chi connectivity index (χ3v) is 5.53. The van der Waals surface area contributed by atoms with E-state index < -0.39 is 0 Å². The van der Waals surface area contributed by atoms with Crippen molar-refractivity contribution in [2.45, 2.75) is 40.0 Å². The highest BCUT2D eigenvalue weighted by Gasteiger charge is 2.24. The quantitative estimate of drug-likeness (QED) is 0.609. The Morgan fingerprint density at radius 3 is 2.57 bits per heavy atom. The van der Waals surface area contributed by atoms with E-state index in [0.717, 1.165) is 22.3 Å². The summed E-state index contributed by atoms with van der Waals surface area (Å²) in [6.45, 7) is 12.1. The molecule has 1 aliphatic heterocycles. The highest BCUT2D eigenvalue weighted by atomic mass is 16.2. The lowest BCUT2D eigenvalue weighted by Crippen LogP contribution is -2.45. The number of nitrogens with zero attached hydrogens (tertiary/aromatic N) is 3. The molecule has 1 aliphatic rings. The van der Waals surface area contributed by atoms with Gasteiger partial charge in [-0.3, -0.25) is 4.98 Å². The van der Waals surface area contributed by atoms with Gasteiger partial charge < -0.3 is 16.0 Å². The van der Waals surface area contributed by atoms with E-state index in [0.29, 0.717) is 23.7 Å². The van der Waals surface area contributed by atoms with Gasteiger partial charge in [-0.1, -0.05) is 20.4 Å². The Labute approximate surface area is 175 Å². The van der Waals surface area contributed by atoms with Crippen molar-refractivity contribution in [3.63, 3.8) is 0 Å². The van der Waals surface area contributed by atoms with Crippen LogP contribution in [0.15, 0.2) is 48.0 Å². The van der Waals surface area contributed by atoms with E-state index >= 15 is 0 Å². The van der Waals surface area contributed by atoms with E-state index in [-0.39, 0.29) is 11.9 Å². The zero-order chi connectivity index (χ0) is 21.6. The number of hydrogen-bond acceptors (Lipinski definition) is 4. The Kier molecular flexibility index (Phi) is 4.81. The molecule has 0 spiro atoms. The van der Waals surface area contributed by atoms with Crippen LogP contribution in [0, 0.1) is 13.8 Å². The lowest BCUT2D eigenvalue weighted by molar-refractivity contribution is 0.248. The Hall–Kier alpha value is -3.61. The number of anilines is 1. The average molecular weight is 403 g/mol. The SMILES string of the molecule is C=C1NC(=O)N(c2cc(C)c(Cc3cc4c(C(C)C)c[nH]c4cn3)c(C)c2)N=C1N. The number of aromatic nitrogens is 2. The topological polar surface area (TPSA) is 99.4 Å². The van der Waals surface area contributed by atoms with Gasteiger partial charge in [0.2, 0.25) is 0 Å². The molecule has 4 rings (SSSR count). The van der Waals surface area contributed by atoms with Gasteiger partial charge in [-0.15, -0.1) is 5.10 Å². The minimum atomic E-state index is -0.374. The second kappa shape index (κ2) is 7.33. The second-order valence-electron chi connectivity index (χ2n) is 8.06. The first-order chi connectivity index (χ1) is 14.2. The summed E-state index contributed by atoms with van der Waals surface area (Å²) in [6, 6.07) is 5.69. The Morgan fingerprint density at radius 1 is 1.20 bits per heavy atom. The molecule has 3 aromatic rings.